The summed E-state index contributed by atoms with van der Waals surface area (Å²) < 4.78 is 0. The Labute approximate surface area is 131 Å². The Morgan fingerprint density at radius 2 is 1.77 bits per heavy atom. The Hall–Kier alpha value is -1.39. The Balaban J connectivity index is 1.45. The van der Waals surface area contributed by atoms with Crippen molar-refractivity contribution in [3.05, 3.63) is 0 Å². The van der Waals surface area contributed by atoms with Crippen LogP contribution in [0.5, 0.6) is 0 Å². The highest BCUT2D eigenvalue weighted by Crippen LogP contribution is 2.61. The van der Waals surface area contributed by atoms with Gasteiger partial charge in [0, 0.05) is 18.9 Å². The Bertz CT molecular complexity index is 505. The van der Waals surface area contributed by atoms with Gasteiger partial charge in [-0.25, -0.2) is 5.43 Å². The van der Waals surface area contributed by atoms with Crippen LogP contribution < -0.4 is 10.7 Å². The molecule has 2 amide bonds. The van der Waals surface area contributed by atoms with Crippen molar-refractivity contribution in [2.75, 3.05) is 0 Å². The zero-order chi connectivity index (χ0) is 15.3. The lowest BCUT2D eigenvalue weighted by atomic mass is 9.48. The summed E-state index contributed by atoms with van der Waals surface area (Å²) in [4.78, 5) is 23.5. The summed E-state index contributed by atoms with van der Waals surface area (Å²) in [6.45, 7) is 2.17. The van der Waals surface area contributed by atoms with Crippen LogP contribution in [0.4, 0.5) is 0 Å². The van der Waals surface area contributed by atoms with Gasteiger partial charge in [0.2, 0.25) is 5.91 Å². The molecule has 4 aliphatic carbocycles. The van der Waals surface area contributed by atoms with Crippen LogP contribution in [-0.2, 0) is 9.59 Å². The van der Waals surface area contributed by atoms with Gasteiger partial charge < -0.3 is 5.32 Å². The maximum atomic E-state index is 12.4. The van der Waals surface area contributed by atoms with E-state index in [1.165, 1.54) is 38.5 Å². The molecule has 22 heavy (non-hydrogen) atoms. The molecule has 0 unspecified atom stereocenters. The highest BCUT2D eigenvalue weighted by molar-refractivity contribution is 6.39. The maximum absolute atomic E-state index is 12.4. The smallest absolute Gasteiger partial charge is 0.267 e. The zero-order valence-electron chi connectivity index (χ0n) is 13.2. The molecule has 1 aliphatic heterocycles. The van der Waals surface area contributed by atoms with E-state index in [4.69, 9.17) is 0 Å². The van der Waals surface area contributed by atoms with E-state index >= 15 is 0 Å². The van der Waals surface area contributed by atoms with Gasteiger partial charge in [-0.3, -0.25) is 9.59 Å². The number of carbonyl (C=O) groups is 2. The average Bonchev–Trinajstić information content (AvgIpc) is 2.46. The fourth-order valence-corrected chi connectivity index (χ4v) is 5.78. The molecule has 5 aliphatic rings. The van der Waals surface area contributed by atoms with Gasteiger partial charge in [-0.2, -0.15) is 5.10 Å². The first-order valence-electron chi connectivity index (χ1n) is 8.70. The summed E-state index contributed by atoms with van der Waals surface area (Å²) in [6, 6.07) is 0.203. The molecular weight excluding hydrogens is 278 g/mol. The first kappa shape index (κ1) is 14.2. The summed E-state index contributed by atoms with van der Waals surface area (Å²) in [5.74, 6) is 2.46. The lowest BCUT2D eigenvalue weighted by Crippen LogP contribution is -2.56. The van der Waals surface area contributed by atoms with Gasteiger partial charge >= 0.3 is 0 Å². The summed E-state index contributed by atoms with van der Waals surface area (Å²) >= 11 is 0. The minimum absolute atomic E-state index is 0.0942. The summed E-state index contributed by atoms with van der Waals surface area (Å²) in [5, 5.41) is 7.12. The molecule has 2 N–H and O–H groups in total. The van der Waals surface area contributed by atoms with Crippen molar-refractivity contribution in [2.24, 2.45) is 28.3 Å². The van der Waals surface area contributed by atoms with E-state index in [1.54, 1.807) is 0 Å². The molecule has 0 saturated heterocycles. The molecule has 4 saturated carbocycles. The number of hydrazone groups is 1. The van der Waals surface area contributed by atoms with Crippen LogP contribution in [0.15, 0.2) is 5.10 Å². The SMILES string of the molecule is C[C@@H](NC(=O)C1=NNC(=O)CC1)C12CC3CC(CC(C3)C1)C2. The van der Waals surface area contributed by atoms with E-state index < -0.39 is 0 Å². The standard InChI is InChI=1S/C17H25N3O2/c1-10(18-16(22)14-2-3-15(21)20-19-14)17-7-11-4-12(8-17)6-13(5-11)9-17/h10-13H,2-9H2,1H3,(H,18,22)(H,20,21)/t10-,11?,12?,13?,17?/m1/s1. The Kier molecular flexibility index (Phi) is 3.27. The topological polar surface area (TPSA) is 70.6 Å². The maximum Gasteiger partial charge on any atom is 0.267 e. The number of nitrogens with zero attached hydrogens (tertiary/aromatic N) is 1. The van der Waals surface area contributed by atoms with E-state index in [-0.39, 0.29) is 17.9 Å². The lowest BCUT2D eigenvalue weighted by molar-refractivity contribution is -0.121. The Morgan fingerprint density at radius 1 is 1.18 bits per heavy atom. The zero-order valence-corrected chi connectivity index (χ0v) is 13.2. The largest absolute Gasteiger partial charge is 0.348 e. The van der Waals surface area contributed by atoms with Gasteiger partial charge in [0.1, 0.15) is 5.71 Å². The average molecular weight is 303 g/mol. The molecule has 0 radical (unpaired) electrons. The minimum atomic E-state index is -0.106. The lowest BCUT2D eigenvalue weighted by Gasteiger charge is -2.59. The number of carbonyl (C=O) groups excluding carboxylic acids is 2. The molecule has 1 heterocycles. The minimum Gasteiger partial charge on any atom is -0.348 e. The second-order valence-corrected chi connectivity index (χ2v) is 8.07. The first-order chi connectivity index (χ1) is 10.5. The van der Waals surface area contributed by atoms with Crippen molar-refractivity contribution < 1.29 is 9.59 Å². The molecule has 0 aromatic heterocycles. The van der Waals surface area contributed by atoms with E-state index in [9.17, 15) is 9.59 Å². The third-order valence-corrected chi connectivity index (χ3v) is 6.52. The molecule has 120 valence electrons. The van der Waals surface area contributed by atoms with Gasteiger partial charge in [-0.1, -0.05) is 0 Å². The predicted molar refractivity (Wildman–Crippen MR) is 83.0 cm³/mol. The van der Waals surface area contributed by atoms with Crippen molar-refractivity contribution in [3.8, 4) is 0 Å². The molecule has 1 atom stereocenters. The van der Waals surface area contributed by atoms with E-state index in [2.05, 4.69) is 22.8 Å². The van der Waals surface area contributed by atoms with Crippen LogP contribution in [0.1, 0.15) is 58.3 Å². The quantitative estimate of drug-likeness (QED) is 0.837. The molecule has 5 nitrogen and oxygen atoms in total. The molecule has 4 fully saturated rings. The van der Waals surface area contributed by atoms with Gasteiger partial charge in [0.05, 0.1) is 0 Å². The first-order valence-corrected chi connectivity index (χ1v) is 8.70. The fourth-order valence-electron chi connectivity index (χ4n) is 5.78. The van der Waals surface area contributed by atoms with Crippen molar-refractivity contribution in [1.82, 2.24) is 10.7 Å². The van der Waals surface area contributed by atoms with Gasteiger partial charge in [-0.05, 0) is 68.6 Å². The summed E-state index contributed by atoms with van der Waals surface area (Å²) in [5.41, 5.74) is 3.19. The third-order valence-electron chi connectivity index (χ3n) is 6.52. The third kappa shape index (κ3) is 2.34. The van der Waals surface area contributed by atoms with Crippen LogP contribution >= 0.6 is 0 Å². The van der Waals surface area contributed by atoms with Gasteiger partial charge in [0.15, 0.2) is 0 Å². The van der Waals surface area contributed by atoms with Crippen molar-refractivity contribution in [3.63, 3.8) is 0 Å². The van der Waals surface area contributed by atoms with Crippen LogP contribution in [0.2, 0.25) is 0 Å². The van der Waals surface area contributed by atoms with Gasteiger partial charge in [0.25, 0.3) is 5.91 Å². The van der Waals surface area contributed by atoms with Crippen molar-refractivity contribution >= 4 is 17.5 Å². The van der Waals surface area contributed by atoms with E-state index in [0.29, 0.717) is 24.0 Å². The highest BCUT2D eigenvalue weighted by Gasteiger charge is 2.53. The number of rotatable bonds is 3. The number of hydrogen-bond donors (Lipinski definition) is 2. The van der Waals surface area contributed by atoms with Crippen LogP contribution in [-0.4, -0.2) is 23.6 Å². The van der Waals surface area contributed by atoms with Crippen molar-refractivity contribution in [1.29, 1.82) is 0 Å². The second kappa shape index (κ2) is 5.07. The highest BCUT2D eigenvalue weighted by atomic mass is 16.2. The Morgan fingerprint density at radius 3 is 2.27 bits per heavy atom. The molecule has 5 heteroatoms. The normalized spacial score (nSPS) is 40.9. The van der Waals surface area contributed by atoms with Crippen LogP contribution in [0, 0.1) is 23.2 Å². The van der Waals surface area contributed by atoms with Crippen LogP contribution in [0.25, 0.3) is 0 Å². The summed E-state index contributed by atoms with van der Waals surface area (Å²) in [7, 11) is 0. The summed E-state index contributed by atoms with van der Waals surface area (Å²) in [6.07, 6.45) is 8.90. The molecule has 0 aromatic rings. The van der Waals surface area contributed by atoms with Crippen molar-refractivity contribution in [2.45, 2.75) is 64.3 Å². The molecular formula is C17H25N3O2. The molecule has 0 aromatic carbocycles. The van der Waals surface area contributed by atoms with Gasteiger partial charge in [-0.15, -0.1) is 0 Å². The number of hydrogen-bond acceptors (Lipinski definition) is 3. The van der Waals surface area contributed by atoms with E-state index in [0.717, 1.165) is 17.8 Å². The molecule has 0 spiro atoms. The molecule has 4 bridgehead atoms. The predicted octanol–water partition coefficient (Wildman–Crippen LogP) is 1.97. The number of nitrogens with one attached hydrogen (secondary N) is 2. The second-order valence-electron chi connectivity index (χ2n) is 8.07. The number of amides is 2. The monoisotopic (exact) mass is 303 g/mol. The van der Waals surface area contributed by atoms with E-state index in [1.807, 2.05) is 0 Å². The molecule has 5 rings (SSSR count). The fraction of sp³-hybridized carbons (Fsp3) is 0.824. The van der Waals surface area contributed by atoms with Crippen LogP contribution in [0.3, 0.4) is 0 Å².